The Bertz CT molecular complexity index is 1130. The number of para-hydroxylation sites is 1. The number of nitriles is 1. The third-order valence-electron chi connectivity index (χ3n) is 4.62. The molecular formula is C23H22FN5O2. The van der Waals surface area contributed by atoms with E-state index in [4.69, 9.17) is 10.5 Å². The summed E-state index contributed by atoms with van der Waals surface area (Å²) in [4.78, 5) is 12.1. The van der Waals surface area contributed by atoms with Gasteiger partial charge in [-0.1, -0.05) is 18.2 Å². The summed E-state index contributed by atoms with van der Waals surface area (Å²) in [5.41, 5.74) is 8.24. The number of nitrogens with two attached hydrogens (primary N) is 1. The number of nitrogens with one attached hydrogen (secondary N) is 1. The Labute approximate surface area is 179 Å². The monoisotopic (exact) mass is 419 g/mol. The molecule has 1 aromatic heterocycles. The molecule has 2 aromatic carbocycles. The van der Waals surface area contributed by atoms with E-state index < -0.39 is 0 Å². The molecule has 0 aliphatic heterocycles. The minimum atomic E-state index is -0.370. The fraction of sp³-hybridized carbons (Fsp3) is 0.174. The number of ether oxygens (including phenoxy) is 1. The fourth-order valence-electron chi connectivity index (χ4n) is 3.05. The first-order valence-corrected chi connectivity index (χ1v) is 9.66. The molecule has 0 atom stereocenters. The van der Waals surface area contributed by atoms with Crippen molar-refractivity contribution in [2.24, 2.45) is 0 Å². The highest BCUT2D eigenvalue weighted by atomic mass is 19.1. The van der Waals surface area contributed by atoms with Gasteiger partial charge in [-0.05, 0) is 49.2 Å². The summed E-state index contributed by atoms with van der Waals surface area (Å²) in [6, 6.07) is 15.2. The van der Waals surface area contributed by atoms with Crippen molar-refractivity contribution < 1.29 is 13.9 Å². The highest BCUT2D eigenvalue weighted by Crippen LogP contribution is 2.22. The zero-order valence-corrected chi connectivity index (χ0v) is 17.0. The number of halogens is 1. The summed E-state index contributed by atoms with van der Waals surface area (Å²) in [7, 11) is 1.58. The summed E-state index contributed by atoms with van der Waals surface area (Å²) in [6.45, 7) is 0.406. The molecule has 1 heterocycles. The van der Waals surface area contributed by atoms with Crippen LogP contribution in [0.25, 0.3) is 11.8 Å². The second-order valence-electron chi connectivity index (χ2n) is 6.68. The van der Waals surface area contributed by atoms with E-state index in [-0.39, 0.29) is 23.1 Å². The number of hydrogen-bond acceptors (Lipinski definition) is 5. The molecule has 158 valence electrons. The molecule has 0 aliphatic rings. The van der Waals surface area contributed by atoms with Gasteiger partial charge < -0.3 is 15.8 Å². The molecule has 3 N–H and O–H groups in total. The van der Waals surface area contributed by atoms with Crippen LogP contribution in [0.2, 0.25) is 0 Å². The summed E-state index contributed by atoms with van der Waals surface area (Å²) in [5.74, 6) is 0.284. The average Bonchev–Trinajstić information content (AvgIpc) is 3.11. The van der Waals surface area contributed by atoms with Crippen LogP contribution in [0.3, 0.4) is 0 Å². The Morgan fingerprint density at radius 3 is 2.74 bits per heavy atom. The molecule has 0 fully saturated rings. The fourth-order valence-corrected chi connectivity index (χ4v) is 3.05. The second-order valence-corrected chi connectivity index (χ2v) is 6.68. The van der Waals surface area contributed by atoms with E-state index >= 15 is 0 Å². The van der Waals surface area contributed by atoms with Gasteiger partial charge in [0, 0.05) is 18.2 Å². The lowest BCUT2D eigenvalue weighted by Crippen LogP contribution is -2.22. The number of aryl methyl sites for hydroxylation is 1. The van der Waals surface area contributed by atoms with Crippen molar-refractivity contribution in [1.29, 1.82) is 5.26 Å². The van der Waals surface area contributed by atoms with Gasteiger partial charge in [-0.2, -0.15) is 10.4 Å². The Morgan fingerprint density at radius 1 is 1.29 bits per heavy atom. The molecule has 0 aliphatic carbocycles. The van der Waals surface area contributed by atoms with Crippen molar-refractivity contribution in [3.8, 4) is 17.5 Å². The average molecular weight is 419 g/mol. The van der Waals surface area contributed by atoms with Crippen molar-refractivity contribution in [2.75, 3.05) is 19.4 Å². The van der Waals surface area contributed by atoms with Gasteiger partial charge >= 0.3 is 0 Å². The number of carbonyl (C=O) groups excluding carboxylic acids is 1. The van der Waals surface area contributed by atoms with Gasteiger partial charge in [-0.25, -0.2) is 9.07 Å². The molecule has 8 heteroatoms. The Hall–Kier alpha value is -4.12. The quantitative estimate of drug-likeness (QED) is 0.431. The number of hydrogen-bond donors (Lipinski definition) is 2. The number of methoxy groups -OCH3 is 1. The maximum Gasteiger partial charge on any atom is 0.244 e. The van der Waals surface area contributed by atoms with Gasteiger partial charge in [-0.3, -0.25) is 4.79 Å². The van der Waals surface area contributed by atoms with Gasteiger partial charge in [-0.15, -0.1) is 0 Å². The van der Waals surface area contributed by atoms with Gasteiger partial charge in [0.25, 0.3) is 0 Å². The number of anilines is 1. The summed E-state index contributed by atoms with van der Waals surface area (Å²) in [6.07, 6.45) is 4.16. The highest BCUT2D eigenvalue weighted by molar-refractivity contribution is 5.92. The first-order valence-electron chi connectivity index (χ1n) is 9.66. The molecule has 0 saturated carbocycles. The molecule has 1 amide bonds. The zero-order valence-electron chi connectivity index (χ0n) is 17.0. The minimum Gasteiger partial charge on any atom is -0.496 e. The summed E-state index contributed by atoms with van der Waals surface area (Å²) >= 11 is 0. The Balaban J connectivity index is 1.57. The summed E-state index contributed by atoms with van der Waals surface area (Å²) < 4.78 is 19.8. The molecule has 0 saturated heterocycles. The van der Waals surface area contributed by atoms with Gasteiger partial charge in [0.1, 0.15) is 29.0 Å². The van der Waals surface area contributed by atoms with E-state index in [2.05, 4.69) is 16.5 Å². The van der Waals surface area contributed by atoms with Crippen molar-refractivity contribution in [1.82, 2.24) is 15.1 Å². The summed E-state index contributed by atoms with van der Waals surface area (Å²) in [5, 5.41) is 16.6. The third kappa shape index (κ3) is 5.28. The number of rotatable bonds is 8. The molecule has 3 rings (SSSR count). The minimum absolute atomic E-state index is 0.202. The number of nitrogen functional groups attached to an aromatic ring is 1. The van der Waals surface area contributed by atoms with Crippen molar-refractivity contribution in [3.05, 3.63) is 77.2 Å². The maximum atomic E-state index is 13.2. The Kier molecular flexibility index (Phi) is 7.01. The number of carbonyl (C=O) groups is 1. The number of benzene rings is 2. The molecule has 0 bridgehead atoms. The largest absolute Gasteiger partial charge is 0.496 e. The topological polar surface area (TPSA) is 106 Å². The lowest BCUT2D eigenvalue weighted by atomic mass is 10.1. The van der Waals surface area contributed by atoms with Crippen LogP contribution < -0.4 is 15.8 Å². The van der Waals surface area contributed by atoms with Crippen LogP contribution in [0.15, 0.2) is 54.6 Å². The molecule has 0 spiro atoms. The number of aromatic nitrogens is 2. The maximum absolute atomic E-state index is 13.2. The van der Waals surface area contributed by atoms with E-state index in [1.807, 2.05) is 24.3 Å². The second kappa shape index (κ2) is 10.1. The van der Waals surface area contributed by atoms with Crippen LogP contribution in [0, 0.1) is 17.1 Å². The zero-order chi connectivity index (χ0) is 22.2. The number of nitrogens with zero attached hydrogens (tertiary/aromatic N) is 3. The first kappa shape index (κ1) is 21.6. The lowest BCUT2D eigenvalue weighted by molar-refractivity contribution is -0.116. The molecule has 7 nitrogen and oxygen atoms in total. The molecule has 3 aromatic rings. The van der Waals surface area contributed by atoms with Crippen LogP contribution in [-0.2, 0) is 11.2 Å². The van der Waals surface area contributed by atoms with Crippen LogP contribution in [0.4, 0.5) is 10.2 Å². The van der Waals surface area contributed by atoms with E-state index in [1.54, 1.807) is 13.2 Å². The van der Waals surface area contributed by atoms with Crippen LogP contribution in [-0.4, -0.2) is 29.3 Å². The van der Waals surface area contributed by atoms with Gasteiger partial charge in [0.05, 0.1) is 18.5 Å². The van der Waals surface area contributed by atoms with Crippen molar-refractivity contribution in [3.63, 3.8) is 0 Å². The van der Waals surface area contributed by atoms with Crippen LogP contribution in [0.5, 0.6) is 5.75 Å². The van der Waals surface area contributed by atoms with E-state index in [0.29, 0.717) is 36.5 Å². The predicted octanol–water partition coefficient (Wildman–Crippen LogP) is 3.24. The van der Waals surface area contributed by atoms with E-state index in [9.17, 15) is 14.4 Å². The Morgan fingerprint density at radius 2 is 2.03 bits per heavy atom. The first-order chi connectivity index (χ1) is 15.0. The smallest absolute Gasteiger partial charge is 0.244 e. The van der Waals surface area contributed by atoms with Crippen molar-refractivity contribution in [2.45, 2.75) is 12.8 Å². The van der Waals surface area contributed by atoms with Crippen LogP contribution in [0.1, 0.15) is 23.2 Å². The predicted molar refractivity (Wildman–Crippen MR) is 116 cm³/mol. The molecule has 0 unspecified atom stereocenters. The molecular weight excluding hydrogens is 397 g/mol. The normalized spacial score (nSPS) is 10.7. The SMILES string of the molecule is COc1ccccc1/C=C/C(=O)NCCCc1nn(-c2ccc(F)cc2)c(N)c1C#N. The van der Waals surface area contributed by atoms with E-state index in [1.165, 1.54) is 35.0 Å². The molecule has 0 radical (unpaired) electrons. The number of amides is 1. The van der Waals surface area contributed by atoms with Crippen LogP contribution >= 0.6 is 0 Å². The lowest BCUT2D eigenvalue weighted by Gasteiger charge is -2.04. The van der Waals surface area contributed by atoms with Gasteiger partial charge in [0.15, 0.2) is 0 Å². The van der Waals surface area contributed by atoms with Crippen molar-refractivity contribution >= 4 is 17.8 Å². The van der Waals surface area contributed by atoms with Gasteiger partial charge in [0.2, 0.25) is 5.91 Å². The molecule has 31 heavy (non-hydrogen) atoms. The van der Waals surface area contributed by atoms with E-state index in [0.717, 1.165) is 5.56 Å². The highest BCUT2D eigenvalue weighted by Gasteiger charge is 2.16. The standard InChI is InChI=1S/C23H22FN5O2/c1-31-21-7-3-2-5-16(21)8-13-22(30)27-14-4-6-20-19(15-25)23(26)29(28-20)18-11-9-17(24)10-12-18/h2-3,5,7-13H,4,6,14,26H2,1H3,(H,27,30)/b13-8+. The third-order valence-corrected chi connectivity index (χ3v) is 4.62.